The predicted octanol–water partition coefficient (Wildman–Crippen LogP) is 5.48. The van der Waals surface area contributed by atoms with Gasteiger partial charge >= 0.3 is 66.0 Å². The lowest BCUT2D eigenvalue weighted by Crippen LogP contribution is -2.55. The minimum absolute atomic E-state index is 0.0281. The molecule has 33 heteroatoms. The molecule has 0 amide bonds. The summed E-state index contributed by atoms with van der Waals surface area (Å²) in [6, 6.07) is 11.2. The molecule has 0 saturated heterocycles. The van der Waals surface area contributed by atoms with Crippen molar-refractivity contribution in [1.29, 1.82) is 0 Å². The van der Waals surface area contributed by atoms with E-state index in [1.54, 1.807) is 0 Å². The first-order valence-corrected chi connectivity index (χ1v) is 26.5. The lowest BCUT2D eigenvalue weighted by Gasteiger charge is -2.16. The molecule has 0 aliphatic rings. The van der Waals surface area contributed by atoms with Crippen LogP contribution < -0.4 is 31.3 Å². The molecule has 0 aliphatic heterocycles. The Morgan fingerprint density at radius 2 is 0.627 bits per heavy atom. The second kappa shape index (κ2) is 25.6. The van der Waals surface area contributed by atoms with Crippen LogP contribution in [0.4, 0.5) is 39.5 Å². The van der Waals surface area contributed by atoms with Crippen molar-refractivity contribution >= 4 is 47.5 Å². The first-order valence-electron chi connectivity index (χ1n) is 21.8. The second-order valence-electron chi connectivity index (χ2n) is 15.2. The summed E-state index contributed by atoms with van der Waals surface area (Å²) in [7, 11) is -13.3. The van der Waals surface area contributed by atoms with Gasteiger partial charge < -0.3 is 14.2 Å². The maximum atomic E-state index is 13.8. The van der Waals surface area contributed by atoms with E-state index in [-0.39, 0.29) is 36.5 Å². The third-order valence-corrected chi connectivity index (χ3v) is 13.0. The van der Waals surface area contributed by atoms with E-state index in [1.165, 1.54) is 20.8 Å². The molecule has 75 heavy (non-hydrogen) atoms. The van der Waals surface area contributed by atoms with E-state index in [0.717, 1.165) is 72.8 Å². The molecule has 4 aromatic rings. The molecule has 0 saturated carbocycles. The Morgan fingerprint density at radius 3 is 0.813 bits per heavy atom. The fourth-order valence-electron chi connectivity index (χ4n) is 6.10. The molecular weight excluding hydrogens is 1100 g/mol. The summed E-state index contributed by atoms with van der Waals surface area (Å²) in [6.07, 6.45) is -15.5. The summed E-state index contributed by atoms with van der Waals surface area (Å²) >= 11 is 0. The predicted molar refractivity (Wildman–Crippen MR) is 248 cm³/mol. The highest BCUT2D eigenvalue weighted by molar-refractivity contribution is 7.87. The fourth-order valence-corrected chi connectivity index (χ4v) is 8.38. The molecule has 1 aromatic heterocycles. The van der Waals surface area contributed by atoms with Crippen molar-refractivity contribution < 1.29 is 91.8 Å². The Morgan fingerprint density at radius 1 is 0.413 bits per heavy atom. The Balaban J connectivity index is 1.60. The summed E-state index contributed by atoms with van der Waals surface area (Å²) in [6.45, 7) is 0.738. The third-order valence-electron chi connectivity index (χ3n) is 9.41. The van der Waals surface area contributed by atoms with E-state index >= 15 is 0 Å². The Bertz CT molecular complexity index is 2840. The Kier molecular flexibility index (Phi) is 20.7. The summed E-state index contributed by atoms with van der Waals surface area (Å²) in [4.78, 5) is 41.1. The molecule has 4 rings (SSSR count). The van der Waals surface area contributed by atoms with E-state index in [1.807, 2.05) is 0 Å². The highest BCUT2D eigenvalue weighted by atomic mass is 32.2. The van der Waals surface area contributed by atoms with Gasteiger partial charge in [-0.3, -0.25) is 12.9 Å². The lowest BCUT2D eigenvalue weighted by molar-refractivity contribution is -0.0606. The molecule has 0 N–H and O–H groups in total. The zero-order chi connectivity index (χ0) is 56.0. The van der Waals surface area contributed by atoms with E-state index in [0.29, 0.717) is 13.7 Å². The topological polar surface area (TPSA) is 261 Å². The fraction of sp³-hybridized carbons (Fsp3) is 0.429. The third kappa shape index (κ3) is 18.2. The van der Waals surface area contributed by atoms with E-state index in [9.17, 15) is 79.2 Å². The van der Waals surface area contributed by atoms with Crippen LogP contribution in [0.3, 0.4) is 0 Å². The number of benzene rings is 3. The maximum absolute atomic E-state index is 13.8. The SMILES string of the molecule is CCCS(=O)(=O)ON=C(c1ccc(OCCn2c(=O)n(CCOc3ccc(/C(=N/OS(=O)(=O)CCC)C(F)(F)F)cc3)c(=O)n(CCOc3ccc(/C(=N/OS(=O)(=O)CCC)C(F)(F)F)cc3)c2=O)cc1)C(F)(F)F. The van der Waals surface area contributed by atoms with Crippen LogP contribution in [-0.4, -0.2) is 112 Å². The number of rotatable bonds is 27. The van der Waals surface area contributed by atoms with Gasteiger partial charge in [-0.2, -0.15) is 64.8 Å². The largest absolute Gasteiger partial charge is 0.492 e. The van der Waals surface area contributed by atoms with E-state index < -0.39 is 156 Å². The van der Waals surface area contributed by atoms with Gasteiger partial charge in [0, 0.05) is 16.7 Å². The molecule has 0 spiro atoms. The first-order chi connectivity index (χ1) is 34.9. The molecule has 3 aromatic carbocycles. The average Bonchev–Trinajstić information content (AvgIpc) is 3.30. The van der Waals surface area contributed by atoms with Gasteiger partial charge in [0.2, 0.25) is 0 Å². The Hall–Kier alpha value is -6.90. The number of nitrogens with zero attached hydrogens (tertiary/aromatic N) is 6. The van der Waals surface area contributed by atoms with Crippen LogP contribution >= 0.6 is 0 Å². The molecule has 21 nitrogen and oxygen atoms in total. The molecule has 0 bridgehead atoms. The number of halogens is 9. The second-order valence-corrected chi connectivity index (χ2v) is 20.3. The first kappa shape index (κ1) is 60.7. The molecule has 414 valence electrons. The van der Waals surface area contributed by atoms with Crippen molar-refractivity contribution in [2.24, 2.45) is 15.5 Å². The van der Waals surface area contributed by atoms with Crippen LogP contribution in [0.25, 0.3) is 0 Å². The molecule has 1 heterocycles. The zero-order valence-electron chi connectivity index (χ0n) is 39.3. The van der Waals surface area contributed by atoms with Crippen LogP contribution in [0.5, 0.6) is 17.2 Å². The number of alkyl halides is 9. The number of ether oxygens (including phenoxy) is 3. The zero-order valence-corrected chi connectivity index (χ0v) is 41.8. The molecule has 0 fully saturated rings. The van der Waals surface area contributed by atoms with Gasteiger partial charge in [-0.1, -0.05) is 36.2 Å². The molecule has 0 aliphatic carbocycles. The van der Waals surface area contributed by atoms with Crippen molar-refractivity contribution in [3.05, 3.63) is 121 Å². The van der Waals surface area contributed by atoms with Gasteiger partial charge in [0.25, 0.3) is 0 Å². The van der Waals surface area contributed by atoms with Gasteiger partial charge in [-0.05, 0) is 92.1 Å². The highest BCUT2D eigenvalue weighted by Crippen LogP contribution is 2.28. The van der Waals surface area contributed by atoms with E-state index in [2.05, 4.69) is 28.3 Å². The van der Waals surface area contributed by atoms with Gasteiger partial charge in [0.05, 0.1) is 36.9 Å². The molecule has 0 unspecified atom stereocenters. The normalized spacial score (nSPS) is 13.4. The minimum Gasteiger partial charge on any atom is -0.492 e. The van der Waals surface area contributed by atoms with Crippen LogP contribution in [-0.2, 0) is 62.8 Å². The minimum atomic E-state index is -5.18. The number of hydrogen-bond donors (Lipinski definition) is 0. The smallest absolute Gasteiger partial charge is 0.437 e. The average molecular weight is 1140 g/mol. The van der Waals surface area contributed by atoms with Gasteiger partial charge in [0.15, 0.2) is 17.1 Å². The molecular formula is C42H45F9N6O15S3. The van der Waals surface area contributed by atoms with Crippen molar-refractivity contribution in [3.8, 4) is 17.2 Å². The standard InChI is InChI=1S/C42H45F9N6O15S3/c1-4-25-73(61,62)70-52-34(40(43,44)45)28-7-13-31(14-8-28)67-22-19-55-37(58)56(20-23-68-32-15-9-29(10-16-32)35(41(46,47)48)53-71-74(63,64)26-5-2)39(60)57(38(55)59)21-24-69-33-17-11-30(12-18-33)36(42(49,50)51)54-72-75(65,66)27-6-3/h7-18H,4-6,19-27H2,1-3H3/b52-34-,53-35-,54-36?. The van der Waals surface area contributed by atoms with Gasteiger partial charge in [-0.15, -0.1) is 0 Å². The van der Waals surface area contributed by atoms with Crippen LogP contribution in [0.1, 0.15) is 56.7 Å². The van der Waals surface area contributed by atoms with Crippen LogP contribution in [0.2, 0.25) is 0 Å². The quantitative estimate of drug-likeness (QED) is 0.0407. The Labute approximate surface area is 420 Å². The summed E-state index contributed by atoms with van der Waals surface area (Å²) in [5.74, 6) is -2.24. The van der Waals surface area contributed by atoms with Crippen molar-refractivity contribution in [1.82, 2.24) is 13.7 Å². The van der Waals surface area contributed by atoms with Crippen molar-refractivity contribution in [2.45, 2.75) is 78.2 Å². The van der Waals surface area contributed by atoms with Crippen molar-refractivity contribution in [3.63, 3.8) is 0 Å². The summed E-state index contributed by atoms with van der Waals surface area (Å²) in [5, 5.41) is 8.38. The number of aromatic nitrogens is 3. The number of oxime groups is 3. The molecule has 0 atom stereocenters. The van der Waals surface area contributed by atoms with Crippen LogP contribution in [0.15, 0.2) is 103 Å². The van der Waals surface area contributed by atoms with Gasteiger partial charge in [-0.25, -0.2) is 28.1 Å². The number of hydrogen-bond acceptors (Lipinski definition) is 18. The van der Waals surface area contributed by atoms with Gasteiger partial charge in [0.1, 0.15) is 37.1 Å². The van der Waals surface area contributed by atoms with Crippen molar-refractivity contribution in [2.75, 3.05) is 37.1 Å². The summed E-state index contributed by atoms with van der Waals surface area (Å²) < 4.78 is 226. The highest BCUT2D eigenvalue weighted by Gasteiger charge is 2.40. The van der Waals surface area contributed by atoms with E-state index in [4.69, 9.17) is 14.2 Å². The maximum Gasteiger partial charge on any atom is 0.437 e. The monoisotopic (exact) mass is 1140 g/mol. The summed E-state index contributed by atoms with van der Waals surface area (Å²) in [5.41, 5.74) is -10.8. The molecule has 0 radical (unpaired) electrons. The lowest BCUT2D eigenvalue weighted by atomic mass is 10.1. The van der Waals surface area contributed by atoms with Crippen LogP contribution in [0, 0.1) is 0 Å².